The van der Waals surface area contributed by atoms with Gasteiger partial charge < -0.3 is 10.7 Å². The monoisotopic (exact) mass is 279 g/mol. The van der Waals surface area contributed by atoms with Crippen LogP contribution in [0, 0.1) is 0 Å². The van der Waals surface area contributed by atoms with Crippen LogP contribution in [-0.4, -0.2) is 9.97 Å². The lowest BCUT2D eigenvalue weighted by Crippen LogP contribution is -2.25. The van der Waals surface area contributed by atoms with Crippen molar-refractivity contribution in [1.82, 2.24) is 9.97 Å². The van der Waals surface area contributed by atoms with Crippen molar-refractivity contribution in [3.63, 3.8) is 0 Å². The summed E-state index contributed by atoms with van der Waals surface area (Å²) in [6.45, 7) is 0. The highest BCUT2D eigenvalue weighted by Gasteiger charge is 2.42. The standard InChI is InChI=1S/C11H10BrN3O/c12-6-1-2-8-7(5-6)9(11(13)3-4-11)15-10(16)14-8/h1-2,5H,3-4,13H2,(H,14,15,16). The van der Waals surface area contributed by atoms with Crippen LogP contribution in [0.1, 0.15) is 18.5 Å². The second kappa shape index (κ2) is 3.15. The Bertz CT molecular complexity index is 631. The van der Waals surface area contributed by atoms with Crippen molar-refractivity contribution < 1.29 is 0 Å². The molecule has 0 spiro atoms. The summed E-state index contributed by atoms with van der Waals surface area (Å²) in [6.07, 6.45) is 1.82. The molecule has 82 valence electrons. The molecule has 5 heteroatoms. The van der Waals surface area contributed by atoms with Crippen LogP contribution in [0.5, 0.6) is 0 Å². The molecule has 1 heterocycles. The van der Waals surface area contributed by atoms with Gasteiger partial charge in [-0.05, 0) is 31.0 Å². The van der Waals surface area contributed by atoms with E-state index in [1.54, 1.807) is 0 Å². The fourth-order valence-electron chi connectivity index (χ4n) is 1.89. The third-order valence-electron chi connectivity index (χ3n) is 2.97. The molecule has 2 aromatic rings. The molecule has 1 aliphatic carbocycles. The Labute approximate surface area is 100 Å². The maximum absolute atomic E-state index is 11.4. The number of fused-ring (bicyclic) bond motifs is 1. The number of aromatic nitrogens is 2. The van der Waals surface area contributed by atoms with E-state index < -0.39 is 0 Å². The van der Waals surface area contributed by atoms with Crippen LogP contribution in [0.25, 0.3) is 10.9 Å². The molecule has 0 aliphatic heterocycles. The Balaban J connectivity index is 2.41. The summed E-state index contributed by atoms with van der Waals surface area (Å²) >= 11 is 3.41. The van der Waals surface area contributed by atoms with E-state index in [2.05, 4.69) is 25.9 Å². The highest BCUT2D eigenvalue weighted by Crippen LogP contribution is 2.43. The van der Waals surface area contributed by atoms with Crippen molar-refractivity contribution in [3.05, 3.63) is 38.9 Å². The molecular weight excluding hydrogens is 270 g/mol. The van der Waals surface area contributed by atoms with E-state index >= 15 is 0 Å². The molecule has 4 nitrogen and oxygen atoms in total. The molecule has 0 saturated heterocycles. The van der Waals surface area contributed by atoms with Gasteiger partial charge in [0.1, 0.15) is 0 Å². The average molecular weight is 280 g/mol. The van der Waals surface area contributed by atoms with Crippen LogP contribution in [0.15, 0.2) is 27.5 Å². The molecule has 1 saturated carbocycles. The quantitative estimate of drug-likeness (QED) is 0.834. The maximum atomic E-state index is 11.4. The van der Waals surface area contributed by atoms with Crippen molar-refractivity contribution >= 4 is 26.8 Å². The van der Waals surface area contributed by atoms with E-state index in [0.717, 1.165) is 28.4 Å². The highest BCUT2D eigenvalue weighted by atomic mass is 79.9. The van der Waals surface area contributed by atoms with Crippen LogP contribution in [0.3, 0.4) is 0 Å². The van der Waals surface area contributed by atoms with E-state index in [4.69, 9.17) is 5.73 Å². The number of aromatic amines is 1. The molecule has 0 unspecified atom stereocenters. The predicted molar refractivity (Wildman–Crippen MR) is 65.2 cm³/mol. The molecule has 3 rings (SSSR count). The topological polar surface area (TPSA) is 71.8 Å². The number of hydrogen-bond acceptors (Lipinski definition) is 3. The minimum absolute atomic E-state index is 0.332. The minimum atomic E-state index is -0.360. The van der Waals surface area contributed by atoms with Gasteiger partial charge in [0.15, 0.2) is 0 Å². The molecule has 0 atom stereocenters. The van der Waals surface area contributed by atoms with Crippen molar-refractivity contribution in [2.45, 2.75) is 18.4 Å². The van der Waals surface area contributed by atoms with Crippen LogP contribution >= 0.6 is 15.9 Å². The van der Waals surface area contributed by atoms with Crippen LogP contribution < -0.4 is 11.4 Å². The number of H-pyrrole nitrogens is 1. The first-order valence-electron chi connectivity index (χ1n) is 5.07. The van der Waals surface area contributed by atoms with Gasteiger partial charge in [-0.3, -0.25) is 0 Å². The molecule has 0 radical (unpaired) electrons. The molecule has 1 aliphatic rings. The average Bonchev–Trinajstić information content (AvgIpc) is 2.97. The number of halogens is 1. The Morgan fingerprint density at radius 3 is 2.88 bits per heavy atom. The maximum Gasteiger partial charge on any atom is 0.345 e. The summed E-state index contributed by atoms with van der Waals surface area (Å²) in [7, 11) is 0. The molecule has 3 N–H and O–H groups in total. The zero-order chi connectivity index (χ0) is 11.3. The minimum Gasteiger partial charge on any atom is -0.320 e. The number of hydrogen-bond donors (Lipinski definition) is 2. The van der Waals surface area contributed by atoms with Gasteiger partial charge in [-0.1, -0.05) is 15.9 Å². The van der Waals surface area contributed by atoms with E-state index in [0.29, 0.717) is 5.52 Å². The zero-order valence-electron chi connectivity index (χ0n) is 8.46. The first-order chi connectivity index (χ1) is 7.58. The summed E-state index contributed by atoms with van der Waals surface area (Å²) in [4.78, 5) is 18.1. The van der Waals surface area contributed by atoms with E-state index in [1.807, 2.05) is 18.2 Å². The van der Waals surface area contributed by atoms with E-state index in [1.165, 1.54) is 0 Å². The van der Waals surface area contributed by atoms with E-state index in [-0.39, 0.29) is 11.2 Å². The van der Waals surface area contributed by atoms with Crippen LogP contribution in [-0.2, 0) is 5.54 Å². The molecular formula is C11H10BrN3O. The van der Waals surface area contributed by atoms with Gasteiger partial charge in [0.2, 0.25) is 0 Å². The normalized spacial score (nSPS) is 17.6. The molecule has 16 heavy (non-hydrogen) atoms. The molecule has 0 amide bonds. The van der Waals surface area contributed by atoms with Gasteiger partial charge in [-0.15, -0.1) is 0 Å². The fraction of sp³-hybridized carbons (Fsp3) is 0.273. The summed E-state index contributed by atoms with van der Waals surface area (Å²) in [5.41, 5.74) is 6.95. The second-order valence-corrected chi connectivity index (χ2v) is 5.15. The Morgan fingerprint density at radius 1 is 1.44 bits per heavy atom. The Hall–Kier alpha value is -1.20. The summed E-state index contributed by atoms with van der Waals surface area (Å²) in [5, 5.41) is 0.925. The molecule has 1 aromatic carbocycles. The third kappa shape index (κ3) is 1.47. The molecule has 1 fully saturated rings. The number of nitrogens with one attached hydrogen (secondary N) is 1. The molecule has 1 aromatic heterocycles. The summed E-state index contributed by atoms with van der Waals surface area (Å²) < 4.78 is 0.958. The first-order valence-corrected chi connectivity index (χ1v) is 5.87. The number of benzene rings is 1. The van der Waals surface area contributed by atoms with Crippen molar-refractivity contribution in [2.24, 2.45) is 5.73 Å². The first kappa shape index (κ1) is 9.99. The number of rotatable bonds is 1. The Morgan fingerprint density at radius 2 is 2.19 bits per heavy atom. The fourth-order valence-corrected chi connectivity index (χ4v) is 2.26. The highest BCUT2D eigenvalue weighted by molar-refractivity contribution is 9.10. The smallest absolute Gasteiger partial charge is 0.320 e. The van der Waals surface area contributed by atoms with Gasteiger partial charge in [0, 0.05) is 15.6 Å². The van der Waals surface area contributed by atoms with Gasteiger partial charge in [0.05, 0.1) is 11.1 Å². The Kier molecular flexibility index (Phi) is 1.96. The van der Waals surface area contributed by atoms with Crippen molar-refractivity contribution in [1.29, 1.82) is 0 Å². The number of nitrogens with zero attached hydrogens (tertiary/aromatic N) is 1. The summed E-state index contributed by atoms with van der Waals surface area (Å²) in [5.74, 6) is 0. The van der Waals surface area contributed by atoms with Gasteiger partial charge >= 0.3 is 5.69 Å². The lowest BCUT2D eigenvalue weighted by Gasteiger charge is -2.11. The zero-order valence-corrected chi connectivity index (χ0v) is 10.0. The van der Waals surface area contributed by atoms with Crippen molar-refractivity contribution in [2.75, 3.05) is 0 Å². The van der Waals surface area contributed by atoms with E-state index in [9.17, 15) is 4.79 Å². The summed E-state index contributed by atoms with van der Waals surface area (Å²) in [6, 6.07) is 5.64. The largest absolute Gasteiger partial charge is 0.345 e. The number of nitrogens with two attached hydrogens (primary N) is 1. The van der Waals surface area contributed by atoms with Crippen molar-refractivity contribution in [3.8, 4) is 0 Å². The lowest BCUT2D eigenvalue weighted by atomic mass is 10.1. The SMILES string of the molecule is NC1(c2[nH]c(=O)nc3ccc(Br)cc23)CC1. The predicted octanol–water partition coefficient (Wildman–Crippen LogP) is 1.63. The van der Waals surface area contributed by atoms with Crippen LogP contribution in [0.2, 0.25) is 0 Å². The van der Waals surface area contributed by atoms with Gasteiger partial charge in [-0.2, -0.15) is 4.98 Å². The van der Waals surface area contributed by atoms with Crippen LogP contribution in [0.4, 0.5) is 0 Å². The molecule has 0 bridgehead atoms. The lowest BCUT2D eigenvalue weighted by molar-refractivity contribution is 0.708. The third-order valence-corrected chi connectivity index (χ3v) is 3.46. The van der Waals surface area contributed by atoms with Gasteiger partial charge in [0.25, 0.3) is 0 Å². The second-order valence-electron chi connectivity index (χ2n) is 4.23. The van der Waals surface area contributed by atoms with Gasteiger partial charge in [-0.25, -0.2) is 4.79 Å².